The fourth-order valence-electron chi connectivity index (χ4n) is 2.22. The summed E-state index contributed by atoms with van der Waals surface area (Å²) in [6.45, 7) is 0. The Bertz CT molecular complexity index is 732. The number of benzene rings is 2. The van der Waals surface area contributed by atoms with E-state index in [4.69, 9.17) is 17.3 Å². The summed E-state index contributed by atoms with van der Waals surface area (Å²) < 4.78 is 0. The highest BCUT2D eigenvalue weighted by Crippen LogP contribution is 2.25. The molecule has 3 rings (SSSR count). The van der Waals surface area contributed by atoms with Crippen molar-refractivity contribution in [1.82, 2.24) is 4.98 Å². The summed E-state index contributed by atoms with van der Waals surface area (Å²) in [7, 11) is 0. The standard InChI is InChI=1S/C16H13ClN2/c17-15-10-13(18)6-5-12(15)9-11-7-8-19-16-4-2-1-3-14(11)16/h1-8,10H,9,18H2. The second-order valence-corrected chi connectivity index (χ2v) is 4.92. The van der Waals surface area contributed by atoms with Gasteiger partial charge in [0.2, 0.25) is 0 Å². The molecule has 0 amide bonds. The van der Waals surface area contributed by atoms with E-state index in [0.29, 0.717) is 10.7 Å². The minimum Gasteiger partial charge on any atom is -0.399 e. The second-order valence-electron chi connectivity index (χ2n) is 4.51. The zero-order chi connectivity index (χ0) is 13.2. The number of para-hydroxylation sites is 1. The quantitative estimate of drug-likeness (QED) is 0.712. The van der Waals surface area contributed by atoms with Gasteiger partial charge in [0.25, 0.3) is 0 Å². The maximum atomic E-state index is 6.23. The first-order valence-electron chi connectivity index (χ1n) is 6.10. The molecule has 0 unspecified atom stereocenters. The van der Waals surface area contributed by atoms with Crippen LogP contribution < -0.4 is 5.73 Å². The van der Waals surface area contributed by atoms with E-state index in [1.807, 2.05) is 42.6 Å². The Balaban J connectivity index is 2.06. The number of nitrogen functional groups attached to an aromatic ring is 1. The Morgan fingerprint density at radius 2 is 1.84 bits per heavy atom. The number of nitrogens with two attached hydrogens (primary N) is 1. The van der Waals surface area contributed by atoms with Crippen LogP contribution in [-0.4, -0.2) is 4.98 Å². The maximum absolute atomic E-state index is 6.23. The summed E-state index contributed by atoms with van der Waals surface area (Å²) in [4.78, 5) is 4.37. The zero-order valence-corrected chi connectivity index (χ0v) is 11.1. The van der Waals surface area contributed by atoms with Gasteiger partial charge in [0.15, 0.2) is 0 Å². The van der Waals surface area contributed by atoms with Crippen molar-refractivity contribution in [2.45, 2.75) is 6.42 Å². The van der Waals surface area contributed by atoms with E-state index in [2.05, 4.69) is 11.1 Å². The highest BCUT2D eigenvalue weighted by atomic mass is 35.5. The first kappa shape index (κ1) is 12.0. The highest BCUT2D eigenvalue weighted by molar-refractivity contribution is 6.31. The van der Waals surface area contributed by atoms with Gasteiger partial charge >= 0.3 is 0 Å². The average molecular weight is 269 g/mol. The first-order valence-corrected chi connectivity index (χ1v) is 6.48. The van der Waals surface area contributed by atoms with Gasteiger partial charge in [-0.1, -0.05) is 35.9 Å². The van der Waals surface area contributed by atoms with Gasteiger partial charge in [0, 0.05) is 22.3 Å². The summed E-state index contributed by atoms with van der Waals surface area (Å²) in [6.07, 6.45) is 2.62. The van der Waals surface area contributed by atoms with Crippen molar-refractivity contribution in [2.75, 3.05) is 5.73 Å². The number of anilines is 1. The van der Waals surface area contributed by atoms with Gasteiger partial charge in [-0.2, -0.15) is 0 Å². The van der Waals surface area contributed by atoms with Crippen molar-refractivity contribution in [3.63, 3.8) is 0 Å². The van der Waals surface area contributed by atoms with Crippen molar-refractivity contribution < 1.29 is 0 Å². The number of aromatic nitrogens is 1. The summed E-state index contributed by atoms with van der Waals surface area (Å²) in [5.74, 6) is 0. The van der Waals surface area contributed by atoms with Crippen LogP contribution >= 0.6 is 11.6 Å². The molecule has 0 aliphatic heterocycles. The second kappa shape index (κ2) is 4.90. The number of pyridine rings is 1. The number of hydrogen-bond acceptors (Lipinski definition) is 2. The van der Waals surface area contributed by atoms with Crippen LogP contribution in [0.1, 0.15) is 11.1 Å². The van der Waals surface area contributed by atoms with Gasteiger partial charge in [-0.25, -0.2) is 0 Å². The van der Waals surface area contributed by atoms with Crippen LogP contribution in [0.3, 0.4) is 0 Å². The molecular weight excluding hydrogens is 256 g/mol. The number of rotatable bonds is 2. The lowest BCUT2D eigenvalue weighted by atomic mass is 10.0. The van der Waals surface area contributed by atoms with Gasteiger partial charge < -0.3 is 5.73 Å². The van der Waals surface area contributed by atoms with E-state index in [9.17, 15) is 0 Å². The van der Waals surface area contributed by atoms with E-state index in [1.54, 1.807) is 6.07 Å². The fraction of sp³-hybridized carbons (Fsp3) is 0.0625. The molecule has 19 heavy (non-hydrogen) atoms. The molecule has 0 saturated carbocycles. The summed E-state index contributed by atoms with van der Waals surface area (Å²) in [5.41, 5.74) is 9.71. The lowest BCUT2D eigenvalue weighted by Gasteiger charge is -2.08. The minimum atomic E-state index is 0.688. The van der Waals surface area contributed by atoms with Gasteiger partial charge in [-0.05, 0) is 41.8 Å². The number of hydrogen-bond donors (Lipinski definition) is 1. The van der Waals surface area contributed by atoms with E-state index in [-0.39, 0.29) is 0 Å². The minimum absolute atomic E-state index is 0.688. The smallest absolute Gasteiger partial charge is 0.0704 e. The molecule has 2 aromatic carbocycles. The predicted molar refractivity (Wildman–Crippen MR) is 80.4 cm³/mol. The Kier molecular flexibility index (Phi) is 3.10. The van der Waals surface area contributed by atoms with Crippen molar-refractivity contribution in [1.29, 1.82) is 0 Å². The Morgan fingerprint density at radius 1 is 1.00 bits per heavy atom. The molecule has 2 nitrogen and oxygen atoms in total. The third-order valence-electron chi connectivity index (χ3n) is 3.20. The van der Waals surface area contributed by atoms with Gasteiger partial charge in [0.1, 0.15) is 0 Å². The normalized spacial score (nSPS) is 10.8. The average Bonchev–Trinajstić information content (AvgIpc) is 2.42. The topological polar surface area (TPSA) is 38.9 Å². The summed E-state index contributed by atoms with van der Waals surface area (Å²) in [5, 5.41) is 1.87. The number of fused-ring (bicyclic) bond motifs is 1. The largest absolute Gasteiger partial charge is 0.399 e. The van der Waals surface area contributed by atoms with E-state index >= 15 is 0 Å². The Labute approximate surface area is 116 Å². The molecule has 0 saturated heterocycles. The summed E-state index contributed by atoms with van der Waals surface area (Å²) in [6, 6.07) is 15.8. The van der Waals surface area contributed by atoms with E-state index in [1.165, 1.54) is 5.56 Å². The Morgan fingerprint density at radius 3 is 2.68 bits per heavy atom. The molecule has 0 radical (unpaired) electrons. The lowest BCUT2D eigenvalue weighted by Crippen LogP contribution is -1.93. The zero-order valence-electron chi connectivity index (χ0n) is 10.3. The molecule has 0 aliphatic rings. The van der Waals surface area contributed by atoms with Crippen LogP contribution in [0.15, 0.2) is 54.7 Å². The number of nitrogens with zero attached hydrogens (tertiary/aromatic N) is 1. The van der Waals surface area contributed by atoms with Gasteiger partial charge in [-0.3, -0.25) is 4.98 Å². The van der Waals surface area contributed by atoms with Gasteiger partial charge in [-0.15, -0.1) is 0 Å². The molecule has 3 heteroatoms. The monoisotopic (exact) mass is 268 g/mol. The van der Waals surface area contributed by atoms with Gasteiger partial charge in [0.05, 0.1) is 5.52 Å². The molecule has 0 atom stereocenters. The molecular formula is C16H13ClN2. The van der Waals surface area contributed by atoms with Crippen molar-refractivity contribution in [3.05, 3.63) is 70.9 Å². The van der Waals surface area contributed by atoms with Crippen LogP contribution in [-0.2, 0) is 6.42 Å². The van der Waals surface area contributed by atoms with Crippen LogP contribution in [0.25, 0.3) is 10.9 Å². The highest BCUT2D eigenvalue weighted by Gasteiger charge is 2.06. The molecule has 0 fully saturated rings. The van der Waals surface area contributed by atoms with Crippen molar-refractivity contribution in [3.8, 4) is 0 Å². The summed E-state index contributed by atoms with van der Waals surface area (Å²) >= 11 is 6.23. The first-order chi connectivity index (χ1) is 9.24. The molecule has 0 bridgehead atoms. The van der Waals surface area contributed by atoms with Crippen LogP contribution in [0, 0.1) is 0 Å². The van der Waals surface area contributed by atoms with Crippen molar-refractivity contribution >= 4 is 28.2 Å². The third-order valence-corrected chi connectivity index (χ3v) is 3.55. The molecule has 1 aromatic heterocycles. The molecule has 94 valence electrons. The fourth-order valence-corrected chi connectivity index (χ4v) is 2.48. The maximum Gasteiger partial charge on any atom is 0.0704 e. The molecule has 0 aliphatic carbocycles. The van der Waals surface area contributed by atoms with Crippen LogP contribution in [0.2, 0.25) is 5.02 Å². The van der Waals surface area contributed by atoms with Crippen LogP contribution in [0.4, 0.5) is 5.69 Å². The molecule has 1 heterocycles. The third kappa shape index (κ3) is 2.40. The predicted octanol–water partition coefficient (Wildman–Crippen LogP) is 4.06. The lowest BCUT2D eigenvalue weighted by molar-refractivity contribution is 1.20. The van der Waals surface area contributed by atoms with Crippen molar-refractivity contribution in [2.24, 2.45) is 0 Å². The molecule has 2 N–H and O–H groups in total. The Hall–Kier alpha value is -2.06. The van der Waals surface area contributed by atoms with E-state index in [0.717, 1.165) is 22.9 Å². The SMILES string of the molecule is Nc1ccc(Cc2ccnc3ccccc23)c(Cl)c1. The van der Waals surface area contributed by atoms with E-state index < -0.39 is 0 Å². The molecule has 0 spiro atoms. The molecule has 3 aromatic rings. The van der Waals surface area contributed by atoms with Crippen LogP contribution in [0.5, 0.6) is 0 Å². The number of halogens is 1.